The van der Waals surface area contributed by atoms with E-state index in [0.29, 0.717) is 34.9 Å². The summed E-state index contributed by atoms with van der Waals surface area (Å²) >= 11 is 0. The molecule has 0 saturated carbocycles. The Balaban J connectivity index is 2.24. The Morgan fingerprint density at radius 2 is 1.71 bits per heavy atom. The van der Waals surface area contributed by atoms with Crippen molar-refractivity contribution in [1.82, 2.24) is 0 Å². The maximum Gasteiger partial charge on any atom is 0.262 e. The van der Waals surface area contributed by atoms with Crippen LogP contribution >= 0.6 is 0 Å². The number of ether oxygens (including phenoxy) is 1. The number of carbonyl (C=O) groups excluding carboxylic acids is 1. The van der Waals surface area contributed by atoms with Crippen LogP contribution in [0.2, 0.25) is 0 Å². The van der Waals surface area contributed by atoms with Gasteiger partial charge in [0.1, 0.15) is 5.75 Å². The zero-order chi connectivity index (χ0) is 20.7. The fourth-order valence-corrected chi connectivity index (χ4v) is 3.92. The first kappa shape index (κ1) is 21.5. The third-order valence-electron chi connectivity index (χ3n) is 4.02. The topological polar surface area (TPSA) is 84.5 Å². The average Bonchev–Trinajstić information content (AvgIpc) is 2.65. The molecule has 0 aliphatic carbocycles. The molecule has 0 saturated heterocycles. The number of carbonyl (C=O) groups is 1. The molecule has 0 aromatic heterocycles. The lowest BCUT2D eigenvalue weighted by atomic mass is 10.2. The summed E-state index contributed by atoms with van der Waals surface area (Å²) in [7, 11) is -3.81. The summed E-state index contributed by atoms with van der Waals surface area (Å²) in [5.41, 5.74) is 2.02. The van der Waals surface area contributed by atoms with Crippen molar-refractivity contribution >= 4 is 27.3 Å². The Bertz CT molecular complexity index is 964. The second kappa shape index (κ2) is 9.41. The monoisotopic (exact) mass is 402 g/mol. The number of rotatable bonds is 8. The number of benzene rings is 2. The molecular weight excluding hydrogens is 376 g/mol. The van der Waals surface area contributed by atoms with Gasteiger partial charge in [0.25, 0.3) is 15.9 Å². The van der Waals surface area contributed by atoms with Crippen LogP contribution in [-0.4, -0.2) is 20.9 Å². The van der Waals surface area contributed by atoms with Gasteiger partial charge in [0.15, 0.2) is 0 Å². The predicted octanol–water partition coefficient (Wildman–Crippen LogP) is 4.49. The predicted molar refractivity (Wildman–Crippen MR) is 112 cm³/mol. The Hall–Kier alpha value is -2.80. The Morgan fingerprint density at radius 3 is 2.32 bits per heavy atom. The maximum atomic E-state index is 12.8. The molecule has 0 bridgehead atoms. The molecule has 0 radical (unpaired) electrons. The van der Waals surface area contributed by atoms with Crippen molar-refractivity contribution in [3.05, 3.63) is 59.7 Å². The molecule has 0 aliphatic rings. The number of sulfonamides is 1. The van der Waals surface area contributed by atoms with E-state index < -0.39 is 10.0 Å². The SMILES string of the molecule is CC/C=C(\C)C(=O)Nc1ccc(C)c(S(=O)(=O)Nc2ccc(OCC)cc2)c1. The summed E-state index contributed by atoms with van der Waals surface area (Å²) in [6.07, 6.45) is 2.56. The van der Waals surface area contributed by atoms with Crippen LogP contribution in [0.15, 0.2) is 59.0 Å². The fourth-order valence-electron chi connectivity index (χ4n) is 2.59. The van der Waals surface area contributed by atoms with Gasteiger partial charge in [-0.25, -0.2) is 8.42 Å². The smallest absolute Gasteiger partial charge is 0.262 e. The lowest BCUT2D eigenvalue weighted by Gasteiger charge is -2.13. The van der Waals surface area contributed by atoms with Crippen molar-refractivity contribution in [3.8, 4) is 5.75 Å². The van der Waals surface area contributed by atoms with E-state index in [1.165, 1.54) is 6.07 Å². The van der Waals surface area contributed by atoms with Gasteiger partial charge in [0.05, 0.1) is 11.5 Å². The van der Waals surface area contributed by atoms with Gasteiger partial charge in [0.2, 0.25) is 0 Å². The van der Waals surface area contributed by atoms with Crippen LogP contribution < -0.4 is 14.8 Å². The molecule has 2 aromatic carbocycles. The second-order valence-electron chi connectivity index (χ2n) is 6.29. The molecule has 0 aliphatic heterocycles. The molecule has 2 rings (SSSR count). The maximum absolute atomic E-state index is 12.8. The van der Waals surface area contributed by atoms with Gasteiger partial charge < -0.3 is 10.1 Å². The van der Waals surface area contributed by atoms with Gasteiger partial charge in [-0.1, -0.05) is 19.1 Å². The van der Waals surface area contributed by atoms with E-state index in [0.717, 1.165) is 6.42 Å². The molecule has 6 nitrogen and oxygen atoms in total. The highest BCUT2D eigenvalue weighted by atomic mass is 32.2. The van der Waals surface area contributed by atoms with Crippen LogP contribution in [0.1, 0.15) is 32.8 Å². The highest BCUT2D eigenvalue weighted by molar-refractivity contribution is 7.92. The Labute approximate surface area is 166 Å². The van der Waals surface area contributed by atoms with Crippen molar-refractivity contribution in [1.29, 1.82) is 0 Å². The molecule has 2 N–H and O–H groups in total. The summed E-state index contributed by atoms with van der Waals surface area (Å²) in [5, 5.41) is 2.74. The van der Waals surface area contributed by atoms with E-state index in [4.69, 9.17) is 4.74 Å². The van der Waals surface area contributed by atoms with Gasteiger partial charge in [-0.15, -0.1) is 0 Å². The van der Waals surface area contributed by atoms with Crippen molar-refractivity contribution in [2.45, 2.75) is 39.0 Å². The number of amides is 1. The van der Waals surface area contributed by atoms with Crippen molar-refractivity contribution < 1.29 is 17.9 Å². The summed E-state index contributed by atoms with van der Waals surface area (Å²) in [5.74, 6) is 0.412. The third kappa shape index (κ3) is 5.60. The summed E-state index contributed by atoms with van der Waals surface area (Å²) < 4.78 is 33.6. The standard InChI is InChI=1S/C21H26N2O4S/c1-5-7-16(4)21(24)22-18-9-8-15(3)20(14-18)28(25,26)23-17-10-12-19(13-11-17)27-6-2/h7-14,23H,5-6H2,1-4H3,(H,22,24)/b16-7+. The van der Waals surface area contributed by atoms with E-state index in [9.17, 15) is 13.2 Å². The second-order valence-corrected chi connectivity index (χ2v) is 7.94. The zero-order valence-electron chi connectivity index (χ0n) is 16.6. The molecule has 150 valence electrons. The molecule has 1 amide bonds. The number of hydrogen-bond donors (Lipinski definition) is 2. The van der Waals surface area contributed by atoms with Crippen molar-refractivity contribution in [2.24, 2.45) is 0 Å². The van der Waals surface area contributed by atoms with Gasteiger partial charge in [-0.3, -0.25) is 9.52 Å². The van der Waals surface area contributed by atoms with Gasteiger partial charge in [-0.05, 0) is 69.2 Å². The Kier molecular flexibility index (Phi) is 7.23. The first-order chi connectivity index (χ1) is 13.3. The highest BCUT2D eigenvalue weighted by Gasteiger charge is 2.18. The number of aryl methyl sites for hydroxylation is 1. The summed E-state index contributed by atoms with van der Waals surface area (Å²) in [4.78, 5) is 12.3. The molecule has 0 heterocycles. The van der Waals surface area contributed by atoms with Crippen molar-refractivity contribution in [2.75, 3.05) is 16.6 Å². The lowest BCUT2D eigenvalue weighted by Crippen LogP contribution is -2.16. The molecule has 7 heteroatoms. The first-order valence-electron chi connectivity index (χ1n) is 9.11. The van der Waals surface area contributed by atoms with Crippen LogP contribution in [0.3, 0.4) is 0 Å². The summed E-state index contributed by atoms with van der Waals surface area (Å²) in [6, 6.07) is 11.5. The normalized spacial score (nSPS) is 11.8. The van der Waals surface area contributed by atoms with Crippen LogP contribution in [0.5, 0.6) is 5.75 Å². The molecule has 0 fully saturated rings. The minimum absolute atomic E-state index is 0.108. The van der Waals surface area contributed by atoms with Gasteiger partial charge in [0, 0.05) is 16.9 Å². The quantitative estimate of drug-likeness (QED) is 0.637. The fraction of sp³-hybridized carbons (Fsp3) is 0.286. The van der Waals surface area contributed by atoms with E-state index >= 15 is 0 Å². The van der Waals surface area contributed by atoms with Crippen LogP contribution in [0.25, 0.3) is 0 Å². The van der Waals surface area contributed by atoms with E-state index in [1.54, 1.807) is 50.2 Å². The molecule has 0 atom stereocenters. The largest absolute Gasteiger partial charge is 0.494 e. The Morgan fingerprint density at radius 1 is 1.07 bits per heavy atom. The number of anilines is 2. The van der Waals surface area contributed by atoms with Crippen LogP contribution in [0.4, 0.5) is 11.4 Å². The minimum atomic E-state index is -3.81. The third-order valence-corrected chi connectivity index (χ3v) is 5.54. The number of nitrogens with one attached hydrogen (secondary N) is 2. The molecular formula is C21H26N2O4S. The van der Waals surface area contributed by atoms with E-state index in [1.807, 2.05) is 19.9 Å². The van der Waals surface area contributed by atoms with Crippen LogP contribution in [0, 0.1) is 6.92 Å². The zero-order valence-corrected chi connectivity index (χ0v) is 17.4. The first-order valence-corrected chi connectivity index (χ1v) is 10.6. The van der Waals surface area contributed by atoms with E-state index in [2.05, 4.69) is 10.0 Å². The summed E-state index contributed by atoms with van der Waals surface area (Å²) in [6.45, 7) is 7.79. The molecule has 0 unspecified atom stereocenters. The lowest BCUT2D eigenvalue weighted by molar-refractivity contribution is -0.112. The number of allylic oxidation sites excluding steroid dienone is 1. The van der Waals surface area contributed by atoms with E-state index in [-0.39, 0.29) is 10.8 Å². The number of hydrogen-bond acceptors (Lipinski definition) is 4. The van der Waals surface area contributed by atoms with Gasteiger partial charge in [-0.2, -0.15) is 0 Å². The average molecular weight is 403 g/mol. The molecule has 0 spiro atoms. The van der Waals surface area contributed by atoms with Crippen LogP contribution in [-0.2, 0) is 14.8 Å². The molecule has 28 heavy (non-hydrogen) atoms. The highest BCUT2D eigenvalue weighted by Crippen LogP contribution is 2.24. The van der Waals surface area contributed by atoms with Gasteiger partial charge >= 0.3 is 0 Å². The molecule has 2 aromatic rings. The minimum Gasteiger partial charge on any atom is -0.494 e. The van der Waals surface area contributed by atoms with Crippen molar-refractivity contribution in [3.63, 3.8) is 0 Å².